The first-order valence-electron chi connectivity index (χ1n) is 5.22. The van der Waals surface area contributed by atoms with E-state index in [1.54, 1.807) is 24.6 Å². The average molecular weight is 234 g/mol. The van der Waals surface area contributed by atoms with Crippen molar-refractivity contribution >= 4 is 28.4 Å². The van der Waals surface area contributed by atoms with Gasteiger partial charge in [-0.05, 0) is 13.0 Å². The van der Waals surface area contributed by atoms with Gasteiger partial charge in [-0.1, -0.05) is 0 Å². The highest BCUT2D eigenvalue weighted by atomic mass is 16.5. The number of anilines is 2. The summed E-state index contributed by atoms with van der Waals surface area (Å²) in [5.41, 5.74) is 13.3. The number of nitrogen functional groups attached to an aromatic ring is 2. The number of carbonyl (C=O) groups is 1. The minimum Gasteiger partial charge on any atom is -0.461 e. The number of aryl methyl sites for hydroxylation is 1. The van der Waals surface area contributed by atoms with E-state index in [-0.39, 0.29) is 0 Å². The van der Waals surface area contributed by atoms with Gasteiger partial charge in [0.15, 0.2) is 5.69 Å². The van der Waals surface area contributed by atoms with E-state index in [9.17, 15) is 4.79 Å². The lowest BCUT2D eigenvalue weighted by Gasteiger charge is -2.03. The Labute approximate surface area is 98.2 Å². The lowest BCUT2D eigenvalue weighted by Crippen LogP contribution is -2.11. The molecule has 0 saturated heterocycles. The molecular formula is C11H14N4O2. The fourth-order valence-electron chi connectivity index (χ4n) is 1.80. The van der Waals surface area contributed by atoms with Crippen molar-refractivity contribution in [1.29, 1.82) is 0 Å². The van der Waals surface area contributed by atoms with Crippen molar-refractivity contribution in [2.24, 2.45) is 7.05 Å². The summed E-state index contributed by atoms with van der Waals surface area (Å²) in [6, 6.07) is 1.69. The van der Waals surface area contributed by atoms with Crippen LogP contribution in [0.15, 0.2) is 12.3 Å². The molecule has 0 amide bonds. The molecule has 90 valence electrons. The Morgan fingerprint density at radius 3 is 2.88 bits per heavy atom. The van der Waals surface area contributed by atoms with E-state index in [0.29, 0.717) is 34.7 Å². The molecular weight excluding hydrogens is 220 g/mol. The van der Waals surface area contributed by atoms with E-state index in [2.05, 4.69) is 4.98 Å². The zero-order valence-corrected chi connectivity index (χ0v) is 9.73. The molecule has 2 heterocycles. The average Bonchev–Trinajstić information content (AvgIpc) is 2.52. The Balaban J connectivity index is 2.68. The fraction of sp³-hybridized carbons (Fsp3) is 0.273. The van der Waals surface area contributed by atoms with Crippen LogP contribution in [0.25, 0.3) is 11.0 Å². The zero-order valence-electron chi connectivity index (χ0n) is 9.73. The minimum atomic E-state index is -0.455. The summed E-state index contributed by atoms with van der Waals surface area (Å²) in [4.78, 5) is 15.9. The largest absolute Gasteiger partial charge is 0.461 e. The molecule has 2 aromatic rings. The fourth-order valence-corrected chi connectivity index (χ4v) is 1.80. The van der Waals surface area contributed by atoms with Gasteiger partial charge in [0.1, 0.15) is 5.65 Å². The summed E-state index contributed by atoms with van der Waals surface area (Å²) in [6.07, 6.45) is 1.52. The normalized spacial score (nSPS) is 10.7. The lowest BCUT2D eigenvalue weighted by atomic mass is 10.2. The van der Waals surface area contributed by atoms with Gasteiger partial charge >= 0.3 is 5.97 Å². The number of nitrogens with zero attached hydrogens (tertiary/aromatic N) is 2. The predicted octanol–water partition coefficient (Wildman–Crippen LogP) is 0.914. The second kappa shape index (κ2) is 3.97. The summed E-state index contributed by atoms with van der Waals surface area (Å²) in [5, 5.41) is 0.663. The van der Waals surface area contributed by atoms with Gasteiger partial charge in [-0.25, -0.2) is 9.78 Å². The summed E-state index contributed by atoms with van der Waals surface area (Å²) in [7, 11) is 1.72. The first-order chi connectivity index (χ1) is 8.06. The molecule has 0 spiro atoms. The molecule has 0 unspecified atom stereocenters. The zero-order chi connectivity index (χ0) is 12.6. The highest BCUT2D eigenvalue weighted by molar-refractivity contribution is 6.05. The molecule has 2 aromatic heterocycles. The number of pyridine rings is 1. The minimum absolute atomic E-state index is 0.301. The molecule has 0 radical (unpaired) electrons. The number of esters is 1. The quantitative estimate of drug-likeness (QED) is 0.753. The molecule has 0 atom stereocenters. The molecule has 0 aliphatic heterocycles. The molecule has 0 aromatic carbocycles. The van der Waals surface area contributed by atoms with Crippen LogP contribution in [0.5, 0.6) is 0 Å². The highest BCUT2D eigenvalue weighted by Gasteiger charge is 2.20. The molecule has 0 bridgehead atoms. The molecule has 0 aliphatic rings. The van der Waals surface area contributed by atoms with E-state index in [4.69, 9.17) is 16.2 Å². The van der Waals surface area contributed by atoms with Crippen LogP contribution in [-0.4, -0.2) is 22.1 Å². The van der Waals surface area contributed by atoms with Crippen LogP contribution in [-0.2, 0) is 11.8 Å². The van der Waals surface area contributed by atoms with Crippen molar-refractivity contribution < 1.29 is 9.53 Å². The van der Waals surface area contributed by atoms with Gasteiger partial charge in [0.2, 0.25) is 0 Å². The SMILES string of the molecule is CCOC(=O)c1c(N)c2cc(N)cnc2n1C. The van der Waals surface area contributed by atoms with E-state index < -0.39 is 5.97 Å². The van der Waals surface area contributed by atoms with Crippen LogP contribution in [0.1, 0.15) is 17.4 Å². The number of hydrogen-bond donors (Lipinski definition) is 2. The van der Waals surface area contributed by atoms with E-state index >= 15 is 0 Å². The molecule has 17 heavy (non-hydrogen) atoms. The smallest absolute Gasteiger partial charge is 0.357 e. The number of rotatable bonds is 2. The predicted molar refractivity (Wildman–Crippen MR) is 65.5 cm³/mol. The van der Waals surface area contributed by atoms with Gasteiger partial charge in [0.25, 0.3) is 0 Å². The van der Waals surface area contributed by atoms with Crippen LogP contribution >= 0.6 is 0 Å². The Bertz CT molecular complexity index is 589. The van der Waals surface area contributed by atoms with E-state index in [1.807, 2.05) is 0 Å². The maximum Gasteiger partial charge on any atom is 0.357 e. The molecule has 6 heteroatoms. The van der Waals surface area contributed by atoms with Crippen LogP contribution in [0.3, 0.4) is 0 Å². The van der Waals surface area contributed by atoms with Crippen LogP contribution < -0.4 is 11.5 Å². The first kappa shape index (κ1) is 11.3. The number of aromatic nitrogens is 2. The summed E-state index contributed by atoms with van der Waals surface area (Å²) >= 11 is 0. The van der Waals surface area contributed by atoms with Gasteiger partial charge in [0.05, 0.1) is 24.2 Å². The molecule has 0 aliphatic carbocycles. The maximum absolute atomic E-state index is 11.8. The molecule has 0 fully saturated rings. The Morgan fingerprint density at radius 1 is 1.53 bits per heavy atom. The summed E-state index contributed by atoms with van der Waals surface area (Å²) in [6.45, 7) is 2.04. The number of hydrogen-bond acceptors (Lipinski definition) is 5. The van der Waals surface area contributed by atoms with Crippen molar-refractivity contribution in [3.05, 3.63) is 18.0 Å². The third kappa shape index (κ3) is 1.67. The summed E-state index contributed by atoms with van der Waals surface area (Å²) < 4.78 is 6.56. The molecule has 2 rings (SSSR count). The lowest BCUT2D eigenvalue weighted by molar-refractivity contribution is 0.0517. The van der Waals surface area contributed by atoms with Crippen LogP contribution in [0, 0.1) is 0 Å². The van der Waals surface area contributed by atoms with Gasteiger partial charge < -0.3 is 20.8 Å². The molecule has 6 nitrogen and oxygen atoms in total. The second-order valence-electron chi connectivity index (χ2n) is 3.68. The van der Waals surface area contributed by atoms with Gasteiger partial charge in [-0.2, -0.15) is 0 Å². The summed E-state index contributed by atoms with van der Waals surface area (Å²) in [5.74, 6) is -0.455. The van der Waals surface area contributed by atoms with Gasteiger partial charge in [0, 0.05) is 12.4 Å². The third-order valence-electron chi connectivity index (χ3n) is 2.56. The third-order valence-corrected chi connectivity index (χ3v) is 2.56. The van der Waals surface area contributed by atoms with Gasteiger partial charge in [-0.15, -0.1) is 0 Å². The van der Waals surface area contributed by atoms with E-state index in [1.165, 1.54) is 6.20 Å². The number of nitrogens with two attached hydrogens (primary N) is 2. The topological polar surface area (TPSA) is 96.2 Å². The number of carbonyl (C=O) groups excluding carboxylic acids is 1. The van der Waals surface area contributed by atoms with E-state index in [0.717, 1.165) is 0 Å². The Morgan fingerprint density at radius 2 is 2.24 bits per heavy atom. The maximum atomic E-state index is 11.8. The Hall–Kier alpha value is -2.24. The van der Waals surface area contributed by atoms with Crippen molar-refractivity contribution in [1.82, 2.24) is 9.55 Å². The first-order valence-corrected chi connectivity index (χ1v) is 5.22. The van der Waals surface area contributed by atoms with Crippen molar-refractivity contribution in [3.8, 4) is 0 Å². The Kier molecular flexibility index (Phi) is 2.63. The number of fused-ring (bicyclic) bond motifs is 1. The molecule has 0 saturated carbocycles. The van der Waals surface area contributed by atoms with Crippen LogP contribution in [0.2, 0.25) is 0 Å². The molecule has 4 N–H and O–H groups in total. The van der Waals surface area contributed by atoms with Gasteiger partial charge in [-0.3, -0.25) is 0 Å². The monoisotopic (exact) mass is 234 g/mol. The van der Waals surface area contributed by atoms with Crippen molar-refractivity contribution in [2.75, 3.05) is 18.1 Å². The standard InChI is InChI=1S/C11H14N4O2/c1-3-17-11(16)9-8(13)7-4-6(12)5-14-10(7)15(9)2/h4-5H,3,12-13H2,1-2H3. The van der Waals surface area contributed by atoms with Crippen molar-refractivity contribution in [2.45, 2.75) is 6.92 Å². The van der Waals surface area contributed by atoms with Crippen LogP contribution in [0.4, 0.5) is 11.4 Å². The highest BCUT2D eigenvalue weighted by Crippen LogP contribution is 2.28. The number of ether oxygens (including phenoxy) is 1. The van der Waals surface area contributed by atoms with Crippen molar-refractivity contribution in [3.63, 3.8) is 0 Å². The second-order valence-corrected chi connectivity index (χ2v) is 3.68.